The number of carbonyl (C=O) groups excluding carboxylic acids is 1. The molecule has 0 saturated heterocycles. The van der Waals surface area contributed by atoms with Gasteiger partial charge in [-0.3, -0.25) is 9.59 Å². The van der Waals surface area contributed by atoms with Gasteiger partial charge in [0.25, 0.3) is 0 Å². The molecule has 2 rings (SSSR count). The Kier molecular flexibility index (Phi) is 2.45. The van der Waals surface area contributed by atoms with Crippen LogP contribution in [0.2, 0.25) is 0 Å². The van der Waals surface area contributed by atoms with E-state index in [9.17, 15) is 14.7 Å². The van der Waals surface area contributed by atoms with E-state index >= 15 is 0 Å². The fourth-order valence-electron chi connectivity index (χ4n) is 2.23. The lowest BCUT2D eigenvalue weighted by Gasteiger charge is -2.36. The van der Waals surface area contributed by atoms with Crippen LogP contribution in [0.15, 0.2) is 18.2 Å². The number of anilines is 1. The molecule has 0 unspecified atom stereocenters. The van der Waals surface area contributed by atoms with Crippen LogP contribution >= 0.6 is 0 Å². The number of benzene rings is 1. The Balaban J connectivity index is 2.70. The van der Waals surface area contributed by atoms with E-state index in [1.807, 2.05) is 25.1 Å². The minimum Gasteiger partial charge on any atom is -0.481 e. The summed E-state index contributed by atoms with van der Waals surface area (Å²) in [6.45, 7) is 3.53. The molecule has 1 aromatic rings. The first kappa shape index (κ1) is 11.6. The number of fused-ring (bicyclic) bond motifs is 1. The summed E-state index contributed by atoms with van der Waals surface area (Å²) < 4.78 is 0. The molecule has 1 N–H and O–H groups in total. The highest BCUT2D eigenvalue weighted by Crippen LogP contribution is 2.40. The lowest BCUT2D eigenvalue weighted by molar-refractivity contribution is -0.145. The maximum atomic E-state index is 11.8. The third-order valence-electron chi connectivity index (χ3n) is 3.46. The Bertz CT molecular complexity index is 509. The fraction of sp³-hybridized carbons (Fsp3) is 0.385. The smallest absolute Gasteiger partial charge is 0.314 e. The molecule has 0 saturated carbocycles. The van der Waals surface area contributed by atoms with E-state index in [0.29, 0.717) is 11.3 Å². The standard InChI is InChI=1S/C13H15NO3/c1-8-4-5-10-9(6-8)13(2,12(16)17)7-11(15)14(10)3/h4-6H,7H2,1-3H3,(H,16,17)/t13-/m0/s1. The van der Waals surface area contributed by atoms with Crippen LogP contribution in [0.4, 0.5) is 5.69 Å². The molecular formula is C13H15NO3. The number of carboxylic acid groups (broad SMARTS) is 1. The molecule has 1 aliphatic rings. The molecule has 1 aliphatic heterocycles. The molecule has 4 nitrogen and oxygen atoms in total. The van der Waals surface area contributed by atoms with Crippen molar-refractivity contribution < 1.29 is 14.7 Å². The summed E-state index contributed by atoms with van der Waals surface area (Å²) in [5.41, 5.74) is 1.29. The van der Waals surface area contributed by atoms with Crippen LogP contribution in [0, 0.1) is 6.92 Å². The highest BCUT2D eigenvalue weighted by Gasteiger charge is 2.44. The zero-order valence-electron chi connectivity index (χ0n) is 10.2. The molecule has 0 bridgehead atoms. The summed E-state index contributed by atoms with van der Waals surface area (Å²) in [5.74, 6) is -1.11. The summed E-state index contributed by atoms with van der Waals surface area (Å²) in [5, 5.41) is 9.37. The van der Waals surface area contributed by atoms with E-state index in [1.165, 1.54) is 4.90 Å². The van der Waals surface area contributed by atoms with Crippen molar-refractivity contribution in [3.05, 3.63) is 29.3 Å². The quantitative estimate of drug-likeness (QED) is 0.803. The molecule has 0 radical (unpaired) electrons. The summed E-state index contributed by atoms with van der Waals surface area (Å²) in [4.78, 5) is 24.8. The van der Waals surface area contributed by atoms with Crippen LogP contribution in [0.1, 0.15) is 24.5 Å². The summed E-state index contributed by atoms with van der Waals surface area (Å²) >= 11 is 0. The molecule has 0 aromatic heterocycles. The van der Waals surface area contributed by atoms with Crippen molar-refractivity contribution in [2.45, 2.75) is 25.7 Å². The lowest BCUT2D eigenvalue weighted by Crippen LogP contribution is -2.45. The number of carboxylic acids is 1. The minimum absolute atomic E-state index is 0.00921. The van der Waals surface area contributed by atoms with Gasteiger partial charge in [0.15, 0.2) is 0 Å². The second-order valence-electron chi connectivity index (χ2n) is 4.79. The number of hydrogen-bond acceptors (Lipinski definition) is 2. The largest absolute Gasteiger partial charge is 0.481 e. The maximum absolute atomic E-state index is 11.8. The molecule has 0 spiro atoms. The summed E-state index contributed by atoms with van der Waals surface area (Å²) in [7, 11) is 1.68. The second-order valence-corrected chi connectivity index (χ2v) is 4.79. The molecular weight excluding hydrogens is 218 g/mol. The van der Waals surface area contributed by atoms with E-state index < -0.39 is 11.4 Å². The van der Waals surface area contributed by atoms with Gasteiger partial charge in [-0.05, 0) is 25.5 Å². The number of amides is 1. The van der Waals surface area contributed by atoms with Gasteiger partial charge in [-0.1, -0.05) is 17.7 Å². The number of hydrogen-bond donors (Lipinski definition) is 1. The van der Waals surface area contributed by atoms with Gasteiger partial charge in [-0.15, -0.1) is 0 Å². The zero-order chi connectivity index (χ0) is 12.8. The second kappa shape index (κ2) is 3.58. The monoisotopic (exact) mass is 233 g/mol. The lowest BCUT2D eigenvalue weighted by atomic mass is 9.75. The predicted octanol–water partition coefficient (Wildman–Crippen LogP) is 1.70. The van der Waals surface area contributed by atoms with E-state index in [1.54, 1.807) is 14.0 Å². The van der Waals surface area contributed by atoms with Gasteiger partial charge in [0.2, 0.25) is 5.91 Å². The molecule has 1 aromatic carbocycles. The van der Waals surface area contributed by atoms with Gasteiger partial charge >= 0.3 is 5.97 Å². The Morgan fingerprint density at radius 2 is 2.12 bits per heavy atom. The normalized spacial score (nSPS) is 23.5. The Hall–Kier alpha value is -1.84. The Morgan fingerprint density at radius 3 is 2.71 bits per heavy atom. The third-order valence-corrected chi connectivity index (χ3v) is 3.46. The van der Waals surface area contributed by atoms with Crippen molar-refractivity contribution in [2.24, 2.45) is 0 Å². The Labute approximate surface area is 99.9 Å². The highest BCUT2D eigenvalue weighted by molar-refractivity contribution is 6.03. The topological polar surface area (TPSA) is 57.6 Å². The number of rotatable bonds is 1. The Morgan fingerprint density at radius 1 is 1.47 bits per heavy atom. The van der Waals surface area contributed by atoms with Gasteiger partial charge in [-0.2, -0.15) is 0 Å². The first-order valence-corrected chi connectivity index (χ1v) is 5.47. The average molecular weight is 233 g/mol. The maximum Gasteiger partial charge on any atom is 0.314 e. The molecule has 1 amide bonds. The highest BCUT2D eigenvalue weighted by atomic mass is 16.4. The first-order valence-electron chi connectivity index (χ1n) is 5.47. The SMILES string of the molecule is Cc1ccc2c(c1)[C@@](C)(C(=O)O)CC(=O)N2C. The number of aliphatic carboxylic acids is 1. The molecule has 1 atom stereocenters. The van der Waals surface area contributed by atoms with Crippen LogP contribution in [0.3, 0.4) is 0 Å². The molecule has 17 heavy (non-hydrogen) atoms. The van der Waals surface area contributed by atoms with Crippen LogP contribution in [-0.4, -0.2) is 24.0 Å². The van der Waals surface area contributed by atoms with Crippen molar-refractivity contribution in [3.63, 3.8) is 0 Å². The van der Waals surface area contributed by atoms with Crippen molar-refractivity contribution in [1.29, 1.82) is 0 Å². The number of carbonyl (C=O) groups is 2. The fourth-order valence-corrected chi connectivity index (χ4v) is 2.23. The molecule has 90 valence electrons. The van der Waals surface area contributed by atoms with Gasteiger partial charge in [0.1, 0.15) is 5.41 Å². The van der Waals surface area contributed by atoms with Gasteiger partial charge < -0.3 is 10.0 Å². The van der Waals surface area contributed by atoms with Crippen LogP contribution < -0.4 is 4.90 Å². The van der Waals surface area contributed by atoms with E-state index in [0.717, 1.165) is 5.56 Å². The molecule has 1 heterocycles. The third kappa shape index (κ3) is 1.60. The van der Waals surface area contributed by atoms with Crippen LogP contribution in [0.25, 0.3) is 0 Å². The number of nitrogens with zero attached hydrogens (tertiary/aromatic N) is 1. The van der Waals surface area contributed by atoms with Gasteiger partial charge in [0, 0.05) is 19.2 Å². The van der Waals surface area contributed by atoms with Crippen LogP contribution in [0.5, 0.6) is 0 Å². The summed E-state index contributed by atoms with van der Waals surface area (Å²) in [6, 6.07) is 5.55. The zero-order valence-corrected chi connectivity index (χ0v) is 10.2. The number of aryl methyl sites for hydroxylation is 1. The first-order chi connectivity index (χ1) is 7.86. The van der Waals surface area contributed by atoms with Gasteiger partial charge in [0.05, 0.1) is 0 Å². The molecule has 0 fully saturated rings. The minimum atomic E-state index is -1.12. The van der Waals surface area contributed by atoms with E-state index in [4.69, 9.17) is 0 Å². The van der Waals surface area contributed by atoms with Gasteiger partial charge in [-0.25, -0.2) is 0 Å². The van der Waals surface area contributed by atoms with Crippen molar-refractivity contribution >= 4 is 17.6 Å². The summed E-state index contributed by atoms with van der Waals surface area (Å²) in [6.07, 6.45) is 0.00921. The molecule has 4 heteroatoms. The average Bonchev–Trinajstić information content (AvgIpc) is 2.26. The molecule has 0 aliphatic carbocycles. The van der Waals surface area contributed by atoms with Crippen molar-refractivity contribution in [1.82, 2.24) is 0 Å². The van der Waals surface area contributed by atoms with Crippen molar-refractivity contribution in [3.8, 4) is 0 Å². The van der Waals surface area contributed by atoms with Crippen LogP contribution in [-0.2, 0) is 15.0 Å². The van der Waals surface area contributed by atoms with E-state index in [-0.39, 0.29) is 12.3 Å². The predicted molar refractivity (Wildman–Crippen MR) is 64.2 cm³/mol. The van der Waals surface area contributed by atoms with E-state index in [2.05, 4.69) is 0 Å². The van der Waals surface area contributed by atoms with Crippen molar-refractivity contribution in [2.75, 3.05) is 11.9 Å².